The number of thioether (sulfide) groups is 2. The molecule has 0 saturated heterocycles. The van der Waals surface area contributed by atoms with E-state index in [2.05, 4.69) is 12.1 Å². The van der Waals surface area contributed by atoms with Crippen molar-refractivity contribution in [3.8, 4) is 0 Å². The van der Waals surface area contributed by atoms with Crippen LogP contribution in [0, 0.1) is 0 Å². The van der Waals surface area contributed by atoms with Crippen LogP contribution in [0.4, 0.5) is 0 Å². The predicted molar refractivity (Wildman–Crippen MR) is 102 cm³/mol. The average Bonchev–Trinajstić information content (AvgIpc) is 2.64. The van der Waals surface area contributed by atoms with Gasteiger partial charge in [-0.25, -0.2) is 0 Å². The van der Waals surface area contributed by atoms with E-state index < -0.39 is 6.10 Å². The van der Waals surface area contributed by atoms with Crippen LogP contribution in [-0.2, 0) is 9.47 Å². The van der Waals surface area contributed by atoms with Crippen LogP contribution < -0.4 is 0 Å². The normalized spacial score (nSPS) is 12.2. The molecular formula is C19H24O3S2. The maximum atomic E-state index is 9.89. The molecule has 0 bridgehead atoms. The summed E-state index contributed by atoms with van der Waals surface area (Å²) in [6.07, 6.45) is -0.455. The SMILES string of the molecule is O[C@@H](COCCOCCSc1ccccc1)CSc1ccccc1. The Morgan fingerprint density at radius 2 is 1.33 bits per heavy atom. The van der Waals surface area contributed by atoms with E-state index >= 15 is 0 Å². The third-order valence-electron chi connectivity index (χ3n) is 3.11. The van der Waals surface area contributed by atoms with Gasteiger partial charge >= 0.3 is 0 Å². The van der Waals surface area contributed by atoms with Gasteiger partial charge in [-0.3, -0.25) is 0 Å². The summed E-state index contributed by atoms with van der Waals surface area (Å²) in [5, 5.41) is 9.89. The molecular weight excluding hydrogens is 340 g/mol. The van der Waals surface area contributed by atoms with Gasteiger partial charge in [0.1, 0.15) is 0 Å². The van der Waals surface area contributed by atoms with Crippen molar-refractivity contribution in [1.29, 1.82) is 0 Å². The number of ether oxygens (including phenoxy) is 2. The summed E-state index contributed by atoms with van der Waals surface area (Å²) in [6.45, 7) is 2.13. The molecule has 1 atom stereocenters. The second-order valence-electron chi connectivity index (χ2n) is 5.13. The van der Waals surface area contributed by atoms with Crippen LogP contribution in [0.5, 0.6) is 0 Å². The molecule has 0 heterocycles. The van der Waals surface area contributed by atoms with E-state index in [0.717, 1.165) is 10.6 Å². The van der Waals surface area contributed by atoms with Crippen LogP contribution >= 0.6 is 23.5 Å². The molecule has 0 saturated carbocycles. The Hall–Kier alpha value is -0.980. The Morgan fingerprint density at radius 1 is 0.750 bits per heavy atom. The van der Waals surface area contributed by atoms with Crippen molar-refractivity contribution >= 4 is 23.5 Å². The lowest BCUT2D eigenvalue weighted by Crippen LogP contribution is -2.19. The van der Waals surface area contributed by atoms with E-state index in [0.29, 0.717) is 32.2 Å². The van der Waals surface area contributed by atoms with Crippen molar-refractivity contribution in [2.45, 2.75) is 15.9 Å². The first-order chi connectivity index (χ1) is 11.8. The highest BCUT2D eigenvalue weighted by Gasteiger charge is 2.05. The maximum Gasteiger partial charge on any atom is 0.0867 e. The Balaban J connectivity index is 1.41. The summed E-state index contributed by atoms with van der Waals surface area (Å²) in [7, 11) is 0. The third-order valence-corrected chi connectivity index (χ3v) is 5.24. The second-order valence-corrected chi connectivity index (χ2v) is 7.39. The molecule has 1 N–H and O–H groups in total. The van der Waals surface area contributed by atoms with Gasteiger partial charge in [-0.1, -0.05) is 36.4 Å². The number of rotatable bonds is 12. The Bertz CT molecular complexity index is 537. The Labute approximate surface area is 152 Å². The van der Waals surface area contributed by atoms with Crippen molar-refractivity contribution in [2.24, 2.45) is 0 Å². The molecule has 0 amide bonds. The molecule has 3 nitrogen and oxygen atoms in total. The zero-order chi connectivity index (χ0) is 16.9. The lowest BCUT2D eigenvalue weighted by atomic mass is 10.4. The van der Waals surface area contributed by atoms with Crippen molar-refractivity contribution in [3.05, 3.63) is 60.7 Å². The topological polar surface area (TPSA) is 38.7 Å². The van der Waals surface area contributed by atoms with E-state index in [1.165, 1.54) is 4.90 Å². The zero-order valence-electron chi connectivity index (χ0n) is 13.7. The molecule has 0 radical (unpaired) electrons. The number of hydrogen-bond donors (Lipinski definition) is 1. The van der Waals surface area contributed by atoms with Crippen molar-refractivity contribution in [2.75, 3.05) is 37.9 Å². The number of benzene rings is 2. The average molecular weight is 365 g/mol. The summed E-state index contributed by atoms with van der Waals surface area (Å²) in [6, 6.07) is 20.4. The standard InChI is InChI=1S/C19H24O3S2/c20-17(16-24-19-9-5-2-6-10-19)15-22-12-11-21-13-14-23-18-7-3-1-4-8-18/h1-10,17,20H,11-16H2/t17-/m0/s1. The molecule has 2 aromatic rings. The Morgan fingerprint density at radius 3 is 2.00 bits per heavy atom. The minimum atomic E-state index is -0.455. The Kier molecular flexibility index (Phi) is 9.99. The van der Waals surface area contributed by atoms with Gasteiger partial charge < -0.3 is 14.6 Å². The minimum absolute atomic E-state index is 0.349. The lowest BCUT2D eigenvalue weighted by molar-refractivity contribution is 0.0139. The number of aliphatic hydroxyl groups excluding tert-OH is 1. The van der Waals surface area contributed by atoms with Crippen LogP contribution in [0.15, 0.2) is 70.5 Å². The van der Waals surface area contributed by atoms with Crippen LogP contribution in [0.2, 0.25) is 0 Å². The van der Waals surface area contributed by atoms with Gasteiger partial charge in [-0.2, -0.15) is 0 Å². The number of hydrogen-bond acceptors (Lipinski definition) is 5. The molecule has 2 aromatic carbocycles. The van der Waals surface area contributed by atoms with E-state index in [1.54, 1.807) is 23.5 Å². The fraction of sp³-hybridized carbons (Fsp3) is 0.368. The van der Waals surface area contributed by atoms with Gasteiger partial charge in [-0.15, -0.1) is 23.5 Å². The summed E-state index contributed by atoms with van der Waals surface area (Å²) in [5.74, 6) is 1.57. The molecule has 130 valence electrons. The van der Waals surface area contributed by atoms with E-state index in [1.807, 2.05) is 48.5 Å². The third kappa shape index (κ3) is 8.76. The molecule has 0 aliphatic heterocycles. The van der Waals surface area contributed by atoms with E-state index in [9.17, 15) is 5.11 Å². The highest BCUT2D eigenvalue weighted by Crippen LogP contribution is 2.18. The molecule has 0 fully saturated rings. The second kappa shape index (κ2) is 12.4. The molecule has 0 aliphatic carbocycles. The summed E-state index contributed by atoms with van der Waals surface area (Å²) in [5.41, 5.74) is 0. The van der Waals surface area contributed by atoms with E-state index in [4.69, 9.17) is 9.47 Å². The highest BCUT2D eigenvalue weighted by atomic mass is 32.2. The minimum Gasteiger partial charge on any atom is -0.390 e. The van der Waals surface area contributed by atoms with Gasteiger partial charge in [0.2, 0.25) is 0 Å². The molecule has 0 unspecified atom stereocenters. The smallest absolute Gasteiger partial charge is 0.0867 e. The van der Waals surface area contributed by atoms with Gasteiger partial charge in [0.15, 0.2) is 0 Å². The maximum absolute atomic E-state index is 9.89. The first kappa shape index (κ1) is 19.3. The quantitative estimate of drug-likeness (QED) is 0.456. The van der Waals surface area contributed by atoms with Crippen LogP contribution in [-0.4, -0.2) is 49.1 Å². The molecule has 0 spiro atoms. The summed E-state index contributed by atoms with van der Waals surface area (Å²) < 4.78 is 11.0. The van der Waals surface area contributed by atoms with Gasteiger partial charge in [0, 0.05) is 21.3 Å². The van der Waals surface area contributed by atoms with Crippen molar-refractivity contribution in [3.63, 3.8) is 0 Å². The van der Waals surface area contributed by atoms with Crippen molar-refractivity contribution in [1.82, 2.24) is 0 Å². The summed E-state index contributed by atoms with van der Waals surface area (Å²) in [4.78, 5) is 2.42. The van der Waals surface area contributed by atoms with Crippen molar-refractivity contribution < 1.29 is 14.6 Å². The number of aliphatic hydroxyl groups is 1. The lowest BCUT2D eigenvalue weighted by Gasteiger charge is -2.11. The molecule has 24 heavy (non-hydrogen) atoms. The molecule has 2 rings (SSSR count). The van der Waals surface area contributed by atoms with Crippen LogP contribution in [0.1, 0.15) is 0 Å². The van der Waals surface area contributed by atoms with Gasteiger partial charge in [-0.05, 0) is 24.3 Å². The zero-order valence-corrected chi connectivity index (χ0v) is 15.3. The predicted octanol–water partition coefficient (Wildman–Crippen LogP) is 3.97. The molecule has 5 heteroatoms. The van der Waals surface area contributed by atoms with Gasteiger partial charge in [0.05, 0.1) is 32.5 Å². The van der Waals surface area contributed by atoms with Crippen LogP contribution in [0.25, 0.3) is 0 Å². The first-order valence-electron chi connectivity index (χ1n) is 8.04. The van der Waals surface area contributed by atoms with E-state index in [-0.39, 0.29) is 0 Å². The molecule has 0 aromatic heterocycles. The largest absolute Gasteiger partial charge is 0.390 e. The fourth-order valence-corrected chi connectivity index (χ4v) is 3.55. The summed E-state index contributed by atoms with van der Waals surface area (Å²) >= 11 is 3.42. The van der Waals surface area contributed by atoms with Crippen LogP contribution in [0.3, 0.4) is 0 Å². The fourth-order valence-electron chi connectivity index (χ4n) is 1.93. The highest BCUT2D eigenvalue weighted by molar-refractivity contribution is 7.99. The molecule has 0 aliphatic rings. The monoisotopic (exact) mass is 364 g/mol. The first-order valence-corrected chi connectivity index (χ1v) is 10.0. The van der Waals surface area contributed by atoms with Gasteiger partial charge in [0.25, 0.3) is 0 Å².